The van der Waals surface area contributed by atoms with Crippen LogP contribution in [0.2, 0.25) is 0 Å². The first-order valence-electron chi connectivity index (χ1n) is 5.59. The summed E-state index contributed by atoms with van der Waals surface area (Å²) in [7, 11) is 0. The molecule has 17 heavy (non-hydrogen) atoms. The third kappa shape index (κ3) is 5.08. The van der Waals surface area contributed by atoms with Crippen molar-refractivity contribution in [3.8, 4) is 0 Å². The number of carbonyl (C=O) groups excluding carboxylic acids is 1. The molecule has 0 bridgehead atoms. The van der Waals surface area contributed by atoms with Crippen molar-refractivity contribution in [2.24, 2.45) is 5.92 Å². The SMILES string of the molecule is C=C(Cl)CNC(=O)NC1CCCC(C(=O)O)C1. The Hall–Kier alpha value is -1.23. The lowest BCUT2D eigenvalue weighted by Crippen LogP contribution is -2.45. The van der Waals surface area contributed by atoms with Gasteiger partial charge in [0.05, 0.1) is 12.5 Å². The molecule has 6 heteroatoms. The van der Waals surface area contributed by atoms with Gasteiger partial charge in [-0.15, -0.1) is 0 Å². The number of amides is 2. The summed E-state index contributed by atoms with van der Waals surface area (Å²) in [5, 5.41) is 14.6. The first-order valence-corrected chi connectivity index (χ1v) is 5.97. The number of aliphatic carboxylic acids is 1. The minimum atomic E-state index is -0.786. The molecule has 1 aliphatic carbocycles. The van der Waals surface area contributed by atoms with Gasteiger partial charge in [-0.25, -0.2) is 4.79 Å². The van der Waals surface area contributed by atoms with Crippen molar-refractivity contribution in [1.82, 2.24) is 10.6 Å². The molecule has 1 rings (SSSR count). The van der Waals surface area contributed by atoms with Crippen LogP contribution >= 0.6 is 11.6 Å². The second-order valence-corrected chi connectivity index (χ2v) is 4.78. The molecule has 1 aliphatic rings. The summed E-state index contributed by atoms with van der Waals surface area (Å²) >= 11 is 5.51. The zero-order valence-electron chi connectivity index (χ0n) is 9.54. The van der Waals surface area contributed by atoms with Crippen molar-refractivity contribution in [3.05, 3.63) is 11.6 Å². The van der Waals surface area contributed by atoms with Gasteiger partial charge in [0.1, 0.15) is 0 Å². The number of carboxylic acid groups (broad SMARTS) is 1. The average Bonchev–Trinajstić information content (AvgIpc) is 2.26. The molecule has 96 valence electrons. The Bertz CT molecular complexity index is 320. The molecule has 0 aromatic carbocycles. The fourth-order valence-corrected chi connectivity index (χ4v) is 2.02. The second-order valence-electron chi connectivity index (χ2n) is 4.24. The summed E-state index contributed by atoms with van der Waals surface area (Å²) in [5.41, 5.74) is 0. The summed E-state index contributed by atoms with van der Waals surface area (Å²) in [6.07, 6.45) is 2.82. The van der Waals surface area contributed by atoms with E-state index in [1.807, 2.05) is 0 Å². The average molecular weight is 261 g/mol. The summed E-state index contributed by atoms with van der Waals surface area (Å²) in [6.45, 7) is 3.67. The molecule has 0 aliphatic heterocycles. The smallest absolute Gasteiger partial charge is 0.315 e. The highest BCUT2D eigenvalue weighted by atomic mass is 35.5. The number of hydrogen-bond acceptors (Lipinski definition) is 2. The predicted molar refractivity (Wildman–Crippen MR) is 64.9 cm³/mol. The van der Waals surface area contributed by atoms with Crippen LogP contribution in [0.4, 0.5) is 4.79 Å². The standard InChI is InChI=1S/C11H17ClN2O3/c1-7(12)6-13-11(17)14-9-4-2-3-8(5-9)10(15)16/h8-9H,1-6H2,(H,15,16)(H2,13,14,17). The molecule has 0 spiro atoms. The first-order chi connectivity index (χ1) is 7.99. The van der Waals surface area contributed by atoms with Crippen molar-refractivity contribution >= 4 is 23.6 Å². The fourth-order valence-electron chi connectivity index (χ4n) is 1.96. The van der Waals surface area contributed by atoms with Gasteiger partial charge in [-0.1, -0.05) is 24.6 Å². The van der Waals surface area contributed by atoms with Gasteiger partial charge in [-0.2, -0.15) is 0 Å². The third-order valence-corrected chi connectivity index (χ3v) is 2.93. The third-order valence-electron chi connectivity index (χ3n) is 2.80. The molecule has 0 aromatic rings. The number of nitrogens with one attached hydrogen (secondary N) is 2. The quantitative estimate of drug-likeness (QED) is 0.720. The molecule has 2 amide bonds. The molecule has 1 fully saturated rings. The van der Waals surface area contributed by atoms with E-state index in [9.17, 15) is 9.59 Å². The summed E-state index contributed by atoms with van der Waals surface area (Å²) in [6, 6.07) is -0.406. The van der Waals surface area contributed by atoms with Gasteiger partial charge in [-0.05, 0) is 19.3 Å². The maximum Gasteiger partial charge on any atom is 0.315 e. The highest BCUT2D eigenvalue weighted by Gasteiger charge is 2.27. The Balaban J connectivity index is 2.33. The number of halogens is 1. The normalized spacial score (nSPS) is 23.8. The second kappa shape index (κ2) is 6.49. The van der Waals surface area contributed by atoms with Crippen LogP contribution in [-0.2, 0) is 4.79 Å². The molecule has 1 saturated carbocycles. The Morgan fingerprint density at radius 2 is 2.12 bits per heavy atom. The first kappa shape index (κ1) is 13.8. The molecule has 2 unspecified atom stereocenters. The Morgan fingerprint density at radius 3 is 2.71 bits per heavy atom. The van der Waals surface area contributed by atoms with Gasteiger partial charge in [0.2, 0.25) is 0 Å². The molecular weight excluding hydrogens is 244 g/mol. The maximum atomic E-state index is 11.4. The van der Waals surface area contributed by atoms with Crippen molar-refractivity contribution in [2.75, 3.05) is 6.54 Å². The van der Waals surface area contributed by atoms with E-state index < -0.39 is 5.97 Å². The van der Waals surface area contributed by atoms with Gasteiger partial charge >= 0.3 is 12.0 Å². The lowest BCUT2D eigenvalue weighted by Gasteiger charge is -2.27. The largest absolute Gasteiger partial charge is 0.481 e. The number of carbonyl (C=O) groups is 2. The number of hydrogen-bond donors (Lipinski definition) is 3. The molecule has 2 atom stereocenters. The van der Waals surface area contributed by atoms with Crippen molar-refractivity contribution in [1.29, 1.82) is 0 Å². The van der Waals surface area contributed by atoms with Crippen LogP contribution in [0, 0.1) is 5.92 Å². The molecule has 0 saturated heterocycles. The minimum absolute atomic E-state index is 0.0755. The van der Waals surface area contributed by atoms with Crippen LogP contribution in [0.5, 0.6) is 0 Å². The number of carboxylic acids is 1. The molecule has 0 heterocycles. The van der Waals surface area contributed by atoms with Gasteiger partial charge in [-0.3, -0.25) is 4.79 Å². The highest BCUT2D eigenvalue weighted by molar-refractivity contribution is 6.29. The van der Waals surface area contributed by atoms with Gasteiger partial charge in [0, 0.05) is 11.1 Å². The lowest BCUT2D eigenvalue weighted by atomic mass is 9.86. The van der Waals surface area contributed by atoms with E-state index in [0.717, 1.165) is 12.8 Å². The van der Waals surface area contributed by atoms with Crippen molar-refractivity contribution in [2.45, 2.75) is 31.7 Å². The van der Waals surface area contributed by atoms with Crippen molar-refractivity contribution < 1.29 is 14.7 Å². The van der Waals surface area contributed by atoms with Crippen LogP contribution in [0.25, 0.3) is 0 Å². The summed E-state index contributed by atoms with van der Waals surface area (Å²) < 4.78 is 0. The monoisotopic (exact) mass is 260 g/mol. The molecule has 0 radical (unpaired) electrons. The molecule has 0 aromatic heterocycles. The topological polar surface area (TPSA) is 78.4 Å². The van der Waals surface area contributed by atoms with Gasteiger partial charge in [0.15, 0.2) is 0 Å². The summed E-state index contributed by atoms with van der Waals surface area (Å²) in [4.78, 5) is 22.3. The maximum absolute atomic E-state index is 11.4. The van der Waals surface area contributed by atoms with E-state index in [4.69, 9.17) is 16.7 Å². The fraction of sp³-hybridized carbons (Fsp3) is 0.636. The van der Waals surface area contributed by atoms with Gasteiger partial charge < -0.3 is 15.7 Å². The van der Waals surface area contributed by atoms with E-state index in [2.05, 4.69) is 17.2 Å². The molecule has 3 N–H and O–H groups in total. The van der Waals surface area contributed by atoms with E-state index in [1.54, 1.807) is 0 Å². The van der Waals surface area contributed by atoms with E-state index in [0.29, 0.717) is 17.9 Å². The Labute approximate surface area is 105 Å². The Kier molecular flexibility index (Phi) is 5.28. The van der Waals surface area contributed by atoms with Crippen LogP contribution in [0.3, 0.4) is 0 Å². The minimum Gasteiger partial charge on any atom is -0.481 e. The van der Waals surface area contributed by atoms with Crippen LogP contribution in [-0.4, -0.2) is 29.7 Å². The van der Waals surface area contributed by atoms with Crippen LogP contribution in [0.15, 0.2) is 11.6 Å². The summed E-state index contributed by atoms with van der Waals surface area (Å²) in [5.74, 6) is -1.14. The Morgan fingerprint density at radius 1 is 1.41 bits per heavy atom. The van der Waals surface area contributed by atoms with Gasteiger partial charge in [0.25, 0.3) is 0 Å². The molecule has 5 nitrogen and oxygen atoms in total. The predicted octanol–water partition coefficient (Wildman–Crippen LogP) is 1.68. The zero-order chi connectivity index (χ0) is 12.8. The van der Waals surface area contributed by atoms with E-state index in [1.165, 1.54) is 0 Å². The van der Waals surface area contributed by atoms with E-state index >= 15 is 0 Å². The highest BCUT2D eigenvalue weighted by Crippen LogP contribution is 2.24. The number of rotatable bonds is 4. The van der Waals surface area contributed by atoms with Crippen molar-refractivity contribution in [3.63, 3.8) is 0 Å². The van der Waals surface area contributed by atoms with Crippen LogP contribution < -0.4 is 10.6 Å². The molecular formula is C11H17ClN2O3. The van der Waals surface area contributed by atoms with E-state index in [-0.39, 0.29) is 24.5 Å². The number of urea groups is 1. The van der Waals surface area contributed by atoms with Crippen LogP contribution in [0.1, 0.15) is 25.7 Å². The lowest BCUT2D eigenvalue weighted by molar-refractivity contribution is -0.143. The zero-order valence-corrected chi connectivity index (χ0v) is 10.3.